The summed E-state index contributed by atoms with van der Waals surface area (Å²) < 4.78 is 0. The molecule has 0 aliphatic heterocycles. The van der Waals surface area contributed by atoms with Gasteiger partial charge in [0, 0.05) is 5.69 Å². The van der Waals surface area contributed by atoms with Gasteiger partial charge in [-0.05, 0) is 30.0 Å². The highest BCUT2D eigenvalue weighted by molar-refractivity contribution is 5.86. The van der Waals surface area contributed by atoms with Crippen LogP contribution >= 0.6 is 0 Å². The SMILES string of the molecule is CCCCCc1cc(C(=O)[O-])[nH]c1-c1ccccc1. The van der Waals surface area contributed by atoms with Crippen molar-refractivity contribution in [3.05, 3.63) is 47.7 Å². The minimum Gasteiger partial charge on any atom is -0.543 e. The fourth-order valence-electron chi connectivity index (χ4n) is 2.23. The molecule has 0 bridgehead atoms. The quantitative estimate of drug-likeness (QED) is 0.808. The maximum absolute atomic E-state index is 11.0. The van der Waals surface area contributed by atoms with Gasteiger partial charge in [-0.2, -0.15) is 0 Å². The number of nitrogens with one attached hydrogen (secondary N) is 1. The molecular formula is C16H18NO2-. The smallest absolute Gasteiger partial charge is 0.0878 e. The van der Waals surface area contributed by atoms with E-state index in [-0.39, 0.29) is 5.69 Å². The van der Waals surface area contributed by atoms with Crippen LogP contribution in [0.2, 0.25) is 0 Å². The van der Waals surface area contributed by atoms with Gasteiger partial charge >= 0.3 is 0 Å². The first-order valence-electron chi connectivity index (χ1n) is 6.71. The molecule has 100 valence electrons. The number of hydrogen-bond acceptors (Lipinski definition) is 2. The van der Waals surface area contributed by atoms with E-state index in [1.54, 1.807) is 6.07 Å². The van der Waals surface area contributed by atoms with Crippen LogP contribution in [0.15, 0.2) is 36.4 Å². The zero-order valence-electron chi connectivity index (χ0n) is 11.1. The summed E-state index contributed by atoms with van der Waals surface area (Å²) in [7, 11) is 0. The Hall–Kier alpha value is -2.03. The Bertz CT molecular complexity index is 543. The van der Waals surface area contributed by atoms with E-state index in [4.69, 9.17) is 0 Å². The molecule has 0 radical (unpaired) electrons. The van der Waals surface area contributed by atoms with E-state index in [1.165, 1.54) is 0 Å². The largest absolute Gasteiger partial charge is 0.543 e. The van der Waals surface area contributed by atoms with Crippen LogP contribution < -0.4 is 5.11 Å². The first kappa shape index (κ1) is 13.4. The first-order valence-corrected chi connectivity index (χ1v) is 6.71. The molecule has 0 amide bonds. The van der Waals surface area contributed by atoms with Crippen molar-refractivity contribution in [2.24, 2.45) is 0 Å². The van der Waals surface area contributed by atoms with Crippen LogP contribution in [0.25, 0.3) is 11.3 Å². The molecule has 3 heteroatoms. The molecule has 1 heterocycles. The molecule has 2 rings (SSSR count). The fraction of sp³-hybridized carbons (Fsp3) is 0.312. The van der Waals surface area contributed by atoms with Gasteiger partial charge in [0.15, 0.2) is 0 Å². The van der Waals surface area contributed by atoms with E-state index in [1.807, 2.05) is 30.3 Å². The molecule has 1 aromatic carbocycles. The second-order valence-corrected chi connectivity index (χ2v) is 4.69. The molecule has 0 saturated carbocycles. The van der Waals surface area contributed by atoms with Crippen molar-refractivity contribution in [1.82, 2.24) is 4.98 Å². The van der Waals surface area contributed by atoms with Gasteiger partial charge < -0.3 is 14.9 Å². The maximum atomic E-state index is 11.0. The molecule has 1 aromatic heterocycles. The van der Waals surface area contributed by atoms with E-state index >= 15 is 0 Å². The Morgan fingerprint density at radius 2 is 1.95 bits per heavy atom. The zero-order valence-corrected chi connectivity index (χ0v) is 11.1. The van der Waals surface area contributed by atoms with Gasteiger partial charge in [-0.25, -0.2) is 0 Å². The molecule has 0 fully saturated rings. The van der Waals surface area contributed by atoms with Crippen LogP contribution in [0.5, 0.6) is 0 Å². The number of carboxylic acid groups (broad SMARTS) is 1. The molecule has 3 nitrogen and oxygen atoms in total. The Morgan fingerprint density at radius 1 is 1.21 bits per heavy atom. The average Bonchev–Trinajstić information content (AvgIpc) is 2.84. The van der Waals surface area contributed by atoms with Gasteiger partial charge in [0.05, 0.1) is 11.7 Å². The first-order chi connectivity index (χ1) is 9.22. The van der Waals surface area contributed by atoms with Crippen LogP contribution in [-0.4, -0.2) is 11.0 Å². The number of rotatable bonds is 6. The van der Waals surface area contributed by atoms with Crippen LogP contribution in [0.1, 0.15) is 42.2 Å². The number of H-pyrrole nitrogens is 1. The molecule has 1 N–H and O–H groups in total. The highest BCUT2D eigenvalue weighted by Gasteiger charge is 2.10. The third-order valence-corrected chi connectivity index (χ3v) is 3.23. The van der Waals surface area contributed by atoms with Crippen LogP contribution in [-0.2, 0) is 6.42 Å². The lowest BCUT2D eigenvalue weighted by Crippen LogP contribution is -2.22. The van der Waals surface area contributed by atoms with Crippen molar-refractivity contribution in [3.8, 4) is 11.3 Å². The molecule has 2 aromatic rings. The number of unbranched alkanes of at least 4 members (excludes halogenated alkanes) is 2. The molecule has 0 aliphatic carbocycles. The lowest BCUT2D eigenvalue weighted by atomic mass is 10.0. The van der Waals surface area contributed by atoms with Gasteiger partial charge in [-0.1, -0.05) is 50.1 Å². The summed E-state index contributed by atoms with van der Waals surface area (Å²) >= 11 is 0. The van der Waals surface area contributed by atoms with E-state index in [0.717, 1.165) is 42.5 Å². The number of aryl methyl sites for hydroxylation is 1. The van der Waals surface area contributed by atoms with Gasteiger partial charge in [0.1, 0.15) is 0 Å². The molecular weight excluding hydrogens is 238 g/mol. The average molecular weight is 256 g/mol. The lowest BCUT2D eigenvalue weighted by Gasteiger charge is -2.04. The molecule has 19 heavy (non-hydrogen) atoms. The summed E-state index contributed by atoms with van der Waals surface area (Å²) in [6.45, 7) is 2.15. The predicted octanol–water partition coefficient (Wildman–Crippen LogP) is 2.78. The van der Waals surface area contributed by atoms with Crippen LogP contribution in [0.3, 0.4) is 0 Å². The van der Waals surface area contributed by atoms with Crippen molar-refractivity contribution in [2.75, 3.05) is 0 Å². The van der Waals surface area contributed by atoms with Crippen molar-refractivity contribution in [3.63, 3.8) is 0 Å². The summed E-state index contributed by atoms with van der Waals surface area (Å²) in [4.78, 5) is 13.9. The van der Waals surface area contributed by atoms with Crippen molar-refractivity contribution < 1.29 is 9.90 Å². The van der Waals surface area contributed by atoms with E-state index in [0.29, 0.717) is 0 Å². The number of aromatic nitrogens is 1. The van der Waals surface area contributed by atoms with Gasteiger partial charge in [0.2, 0.25) is 0 Å². The van der Waals surface area contributed by atoms with E-state index in [2.05, 4.69) is 11.9 Å². The number of aromatic carboxylic acids is 1. The fourth-order valence-corrected chi connectivity index (χ4v) is 2.23. The Balaban J connectivity index is 2.32. The standard InChI is InChI=1S/C16H19NO2/c1-2-3-5-10-13-11-14(16(18)19)17-15(13)12-8-6-4-7-9-12/h4,6-9,11,17H,2-3,5,10H2,1H3,(H,18,19)/p-1. The van der Waals surface area contributed by atoms with Crippen molar-refractivity contribution in [1.29, 1.82) is 0 Å². The summed E-state index contributed by atoms with van der Waals surface area (Å²) in [5.74, 6) is -1.15. The lowest BCUT2D eigenvalue weighted by molar-refractivity contribution is -0.255. The molecule has 0 spiro atoms. The third-order valence-electron chi connectivity index (χ3n) is 3.23. The number of benzene rings is 1. The number of carboxylic acids is 1. The molecule has 0 atom stereocenters. The highest BCUT2D eigenvalue weighted by Crippen LogP contribution is 2.25. The van der Waals surface area contributed by atoms with Gasteiger partial charge in [-0.3, -0.25) is 0 Å². The monoisotopic (exact) mass is 256 g/mol. The summed E-state index contributed by atoms with van der Waals surface area (Å²) in [5, 5.41) is 11.0. The second-order valence-electron chi connectivity index (χ2n) is 4.69. The number of carbonyl (C=O) groups is 1. The van der Waals surface area contributed by atoms with Crippen molar-refractivity contribution >= 4 is 5.97 Å². The van der Waals surface area contributed by atoms with Crippen LogP contribution in [0.4, 0.5) is 0 Å². The predicted molar refractivity (Wildman–Crippen MR) is 73.8 cm³/mol. The van der Waals surface area contributed by atoms with Gasteiger partial charge in [-0.15, -0.1) is 0 Å². The van der Waals surface area contributed by atoms with Crippen LogP contribution in [0, 0.1) is 0 Å². The zero-order chi connectivity index (χ0) is 13.7. The number of hydrogen-bond donors (Lipinski definition) is 1. The van der Waals surface area contributed by atoms with Crippen molar-refractivity contribution in [2.45, 2.75) is 32.6 Å². The summed E-state index contributed by atoms with van der Waals surface area (Å²) in [6, 6.07) is 11.5. The Kier molecular flexibility index (Phi) is 4.39. The Labute approximate surface area is 113 Å². The minimum atomic E-state index is -1.15. The topological polar surface area (TPSA) is 55.9 Å². The molecule has 0 unspecified atom stereocenters. The van der Waals surface area contributed by atoms with Gasteiger partial charge in [0.25, 0.3) is 0 Å². The summed E-state index contributed by atoms with van der Waals surface area (Å²) in [6.07, 6.45) is 4.26. The minimum absolute atomic E-state index is 0.158. The Morgan fingerprint density at radius 3 is 2.58 bits per heavy atom. The highest BCUT2D eigenvalue weighted by atomic mass is 16.4. The normalized spacial score (nSPS) is 10.6. The number of carbonyl (C=O) groups excluding carboxylic acids is 1. The second kappa shape index (κ2) is 6.23. The molecule has 0 aliphatic rings. The molecule has 0 saturated heterocycles. The third kappa shape index (κ3) is 3.25. The van der Waals surface area contributed by atoms with E-state index in [9.17, 15) is 9.90 Å². The maximum Gasteiger partial charge on any atom is 0.0878 e. The summed E-state index contributed by atoms with van der Waals surface area (Å²) in [5.41, 5.74) is 3.13. The number of aromatic amines is 1. The van der Waals surface area contributed by atoms with E-state index < -0.39 is 5.97 Å².